The van der Waals surface area contributed by atoms with Crippen molar-refractivity contribution in [1.82, 2.24) is 0 Å². The number of ether oxygens (including phenoxy) is 4. The van der Waals surface area contributed by atoms with Crippen molar-refractivity contribution in [3.8, 4) is 0 Å². The van der Waals surface area contributed by atoms with Crippen LogP contribution >= 0.6 is 15.6 Å². The summed E-state index contributed by atoms with van der Waals surface area (Å²) >= 11 is 0. The van der Waals surface area contributed by atoms with Crippen molar-refractivity contribution in [2.24, 2.45) is 0 Å². The number of carbonyl (C=O) groups excluding carboxylic acids is 4. The number of esters is 4. The van der Waals surface area contributed by atoms with Gasteiger partial charge in [0, 0.05) is 25.7 Å². The summed E-state index contributed by atoms with van der Waals surface area (Å²) in [6.07, 6.45) is 62.3. The molecule has 0 heterocycles. The van der Waals surface area contributed by atoms with Crippen LogP contribution in [0.4, 0.5) is 0 Å². The van der Waals surface area contributed by atoms with Crippen molar-refractivity contribution in [2.45, 2.75) is 341 Å². The van der Waals surface area contributed by atoms with E-state index in [4.69, 9.17) is 37.0 Å². The molecule has 19 heteroatoms. The molecule has 0 aliphatic rings. The minimum absolute atomic E-state index is 0.0866. The van der Waals surface area contributed by atoms with E-state index in [0.29, 0.717) is 25.7 Å². The monoisotopic (exact) mass is 1340 g/mol. The number of allylic oxidation sites excluding steroid dienone is 10. The molecule has 0 fully saturated rings. The highest BCUT2D eigenvalue weighted by molar-refractivity contribution is 7.47. The molecule has 0 aliphatic carbocycles. The zero-order valence-corrected chi connectivity index (χ0v) is 60.0. The fraction of sp³-hybridized carbons (Fsp3) is 0.808. The quantitative estimate of drug-likeness (QED) is 0.0169. The van der Waals surface area contributed by atoms with Crippen molar-refractivity contribution >= 4 is 39.5 Å². The van der Waals surface area contributed by atoms with E-state index >= 15 is 0 Å². The molecule has 0 spiro atoms. The Morgan fingerprint density at radius 3 is 0.913 bits per heavy atom. The molecule has 0 aromatic carbocycles. The average Bonchev–Trinajstić information content (AvgIpc) is 2.89. The van der Waals surface area contributed by atoms with Crippen LogP contribution in [0, 0.1) is 0 Å². The maximum absolute atomic E-state index is 13.0. The van der Waals surface area contributed by atoms with Crippen LogP contribution in [0.25, 0.3) is 0 Å². The third-order valence-electron chi connectivity index (χ3n) is 15.5. The van der Waals surface area contributed by atoms with E-state index in [1.165, 1.54) is 77.0 Å². The third kappa shape index (κ3) is 65.4. The number of unbranched alkanes of at least 4 members (excludes halogenated alkanes) is 33. The highest BCUT2D eigenvalue weighted by Gasteiger charge is 2.30. The van der Waals surface area contributed by atoms with Crippen molar-refractivity contribution in [3.63, 3.8) is 0 Å². The SMILES string of the molecule is CC/C=C\C/C=C\C/C=C\CCCCCCCCCC(=O)OCC(COP(=O)(O)OCC(O)COP(=O)(O)OCC(COC(=O)CCCCCCC/C=C\CCCC)OC(=O)CCCCCCC/C=C\CCCC)OC(=O)CCCCCCCCCCCCCCC. The molecule has 0 aromatic rings. The summed E-state index contributed by atoms with van der Waals surface area (Å²) in [4.78, 5) is 72.6. The van der Waals surface area contributed by atoms with Gasteiger partial charge in [0.05, 0.1) is 26.4 Å². The molecule has 0 saturated heterocycles. The Kier molecular flexibility index (Phi) is 64.0. The van der Waals surface area contributed by atoms with Gasteiger partial charge in [-0.1, -0.05) is 262 Å². The predicted molar refractivity (Wildman–Crippen MR) is 372 cm³/mol. The molecule has 0 saturated carbocycles. The molecule has 0 aromatic heterocycles. The first-order valence-corrected chi connectivity index (χ1v) is 39.5. The fourth-order valence-electron chi connectivity index (χ4n) is 9.84. The standard InChI is InChI=1S/C73H132O17P2/c1-5-9-13-17-21-25-29-31-32-33-34-36-39-42-46-50-54-58-71(76)84-64-69(90-73(78)60-56-52-48-44-40-35-30-26-22-18-14-10-6-2)66-88-92(81,82)86-62-67(74)61-85-91(79,80)87-65-68(89-72(77)59-55-51-47-43-38-28-24-20-16-12-8-4)63-83-70(75)57-53-49-45-41-37-27-23-19-15-11-7-3/h9,13,19-21,23-25,31-32,67-69,74H,5-8,10-12,14-18,22,26-30,33-66H2,1-4H3,(H,79,80)(H,81,82)/b13-9-,23-19-,24-20-,25-21-,32-31-. The van der Waals surface area contributed by atoms with Crippen molar-refractivity contribution in [3.05, 3.63) is 60.8 Å². The zero-order valence-electron chi connectivity index (χ0n) is 58.2. The third-order valence-corrected chi connectivity index (χ3v) is 17.4. The molecule has 3 N–H and O–H groups in total. The summed E-state index contributed by atoms with van der Waals surface area (Å²) in [5.41, 5.74) is 0. The molecule has 0 rings (SSSR count). The van der Waals surface area contributed by atoms with Gasteiger partial charge in [-0.25, -0.2) is 9.13 Å². The topological polar surface area (TPSA) is 237 Å². The lowest BCUT2D eigenvalue weighted by atomic mass is 10.0. The molecule has 5 unspecified atom stereocenters. The summed E-state index contributed by atoms with van der Waals surface area (Å²) in [5.74, 6) is -2.18. The first-order valence-electron chi connectivity index (χ1n) is 36.5. The van der Waals surface area contributed by atoms with Gasteiger partial charge < -0.3 is 33.8 Å². The van der Waals surface area contributed by atoms with Gasteiger partial charge in [0.2, 0.25) is 0 Å². The van der Waals surface area contributed by atoms with E-state index in [-0.39, 0.29) is 25.7 Å². The summed E-state index contributed by atoms with van der Waals surface area (Å²) in [7, 11) is -9.93. The maximum atomic E-state index is 13.0. The van der Waals surface area contributed by atoms with Crippen molar-refractivity contribution in [2.75, 3.05) is 39.6 Å². The largest absolute Gasteiger partial charge is 0.472 e. The number of aliphatic hydroxyl groups excluding tert-OH is 1. The molecular weight excluding hydrogens is 1210 g/mol. The molecule has 5 atom stereocenters. The zero-order chi connectivity index (χ0) is 67.5. The molecule has 536 valence electrons. The lowest BCUT2D eigenvalue weighted by Crippen LogP contribution is -2.30. The highest BCUT2D eigenvalue weighted by Crippen LogP contribution is 2.45. The van der Waals surface area contributed by atoms with E-state index in [1.54, 1.807) is 0 Å². The second-order valence-corrected chi connectivity index (χ2v) is 27.4. The van der Waals surface area contributed by atoms with Crippen LogP contribution in [-0.4, -0.2) is 96.7 Å². The van der Waals surface area contributed by atoms with Gasteiger partial charge in [-0.05, 0) is 96.3 Å². The van der Waals surface area contributed by atoms with Gasteiger partial charge in [0.15, 0.2) is 12.2 Å². The molecule has 92 heavy (non-hydrogen) atoms. The summed E-state index contributed by atoms with van der Waals surface area (Å²) in [6.45, 7) is 4.68. The second kappa shape index (κ2) is 66.4. The second-order valence-electron chi connectivity index (χ2n) is 24.5. The number of hydrogen-bond donors (Lipinski definition) is 3. The first-order chi connectivity index (χ1) is 44.7. The van der Waals surface area contributed by atoms with Gasteiger partial charge in [0.25, 0.3) is 0 Å². The Labute approximate surface area is 559 Å². The first kappa shape index (κ1) is 88.8. The average molecular weight is 1340 g/mol. The molecule has 0 amide bonds. The highest BCUT2D eigenvalue weighted by atomic mass is 31.2. The minimum atomic E-state index is -4.96. The Morgan fingerprint density at radius 1 is 0.315 bits per heavy atom. The van der Waals surface area contributed by atoms with Crippen LogP contribution in [0.1, 0.15) is 323 Å². The van der Waals surface area contributed by atoms with Crippen LogP contribution in [0.2, 0.25) is 0 Å². The van der Waals surface area contributed by atoms with Crippen molar-refractivity contribution < 1.29 is 80.2 Å². The molecule has 0 bridgehead atoms. The van der Waals surface area contributed by atoms with Gasteiger partial charge in [-0.3, -0.25) is 37.3 Å². The molecule has 0 radical (unpaired) electrons. The maximum Gasteiger partial charge on any atom is 0.472 e. The van der Waals surface area contributed by atoms with Gasteiger partial charge in [0.1, 0.15) is 19.3 Å². The predicted octanol–water partition coefficient (Wildman–Crippen LogP) is 20.3. The smallest absolute Gasteiger partial charge is 0.462 e. The number of phosphoric acid groups is 2. The van der Waals surface area contributed by atoms with Crippen LogP contribution in [-0.2, 0) is 65.4 Å². The number of phosphoric ester groups is 2. The van der Waals surface area contributed by atoms with Crippen LogP contribution < -0.4 is 0 Å². The number of hydrogen-bond acceptors (Lipinski definition) is 15. The van der Waals surface area contributed by atoms with E-state index < -0.39 is 97.5 Å². The van der Waals surface area contributed by atoms with E-state index in [2.05, 4.69) is 88.5 Å². The fourth-order valence-corrected chi connectivity index (χ4v) is 11.4. The lowest BCUT2D eigenvalue weighted by molar-refractivity contribution is -0.161. The summed E-state index contributed by atoms with van der Waals surface area (Å²) in [5, 5.41) is 10.6. The van der Waals surface area contributed by atoms with Crippen molar-refractivity contribution in [1.29, 1.82) is 0 Å². The van der Waals surface area contributed by atoms with Gasteiger partial charge in [-0.2, -0.15) is 0 Å². The van der Waals surface area contributed by atoms with E-state index in [1.807, 2.05) is 0 Å². The van der Waals surface area contributed by atoms with Crippen LogP contribution in [0.5, 0.6) is 0 Å². The van der Waals surface area contributed by atoms with E-state index in [9.17, 15) is 43.2 Å². The molecular formula is C73H132O17P2. The summed E-state index contributed by atoms with van der Waals surface area (Å²) < 4.78 is 68.3. The molecule has 0 aliphatic heterocycles. The molecule has 17 nitrogen and oxygen atoms in total. The van der Waals surface area contributed by atoms with E-state index in [0.717, 1.165) is 167 Å². The van der Waals surface area contributed by atoms with Gasteiger partial charge in [-0.15, -0.1) is 0 Å². The Hall–Kier alpha value is -3.24. The van der Waals surface area contributed by atoms with Crippen LogP contribution in [0.3, 0.4) is 0 Å². The van der Waals surface area contributed by atoms with Crippen LogP contribution in [0.15, 0.2) is 60.8 Å². The number of rotatable bonds is 69. The minimum Gasteiger partial charge on any atom is -0.462 e. The Morgan fingerprint density at radius 2 is 0.576 bits per heavy atom. The normalized spacial score (nSPS) is 14.4. The number of carbonyl (C=O) groups is 4. The summed E-state index contributed by atoms with van der Waals surface area (Å²) in [6, 6.07) is 0. The number of aliphatic hydroxyl groups is 1. The van der Waals surface area contributed by atoms with Gasteiger partial charge >= 0.3 is 39.5 Å². The Balaban J connectivity index is 5.28. The lowest BCUT2D eigenvalue weighted by Gasteiger charge is -2.21. The Bertz CT molecular complexity index is 1990.